The fourth-order valence-corrected chi connectivity index (χ4v) is 2.65. The molecule has 1 heterocycles. The highest BCUT2D eigenvalue weighted by Crippen LogP contribution is 2.18. The summed E-state index contributed by atoms with van der Waals surface area (Å²) in [6, 6.07) is 0.839. The molecule has 0 bridgehead atoms. The van der Waals surface area contributed by atoms with E-state index in [1.54, 1.807) is 11.3 Å². The van der Waals surface area contributed by atoms with Crippen LogP contribution in [0.15, 0.2) is 0 Å². The lowest BCUT2D eigenvalue weighted by Crippen LogP contribution is -2.23. The molecule has 1 aliphatic rings. The molecule has 0 amide bonds. The monoisotopic (exact) mass is 239 g/mol. The van der Waals surface area contributed by atoms with Crippen molar-refractivity contribution in [3.8, 4) is 0 Å². The predicted octanol–water partition coefficient (Wildman–Crippen LogP) is 1.99. The Bertz CT molecular complexity index is 331. The van der Waals surface area contributed by atoms with Gasteiger partial charge in [0.25, 0.3) is 0 Å². The van der Waals surface area contributed by atoms with Crippen molar-refractivity contribution in [3.05, 3.63) is 15.6 Å². The Hall–Kier alpha value is -0.450. The molecule has 0 aliphatic heterocycles. The lowest BCUT2D eigenvalue weighted by atomic mass is 10.3. The molecule has 0 atom stereocenters. The Morgan fingerprint density at radius 1 is 1.31 bits per heavy atom. The smallest absolute Gasteiger partial charge is 0.0900 e. The topological polar surface area (TPSA) is 37.0 Å². The lowest BCUT2D eigenvalue weighted by Gasteiger charge is -2.04. The third-order valence-corrected chi connectivity index (χ3v) is 3.90. The molecule has 16 heavy (non-hydrogen) atoms. The molecule has 1 aromatic heterocycles. The van der Waals surface area contributed by atoms with E-state index in [9.17, 15) is 0 Å². The Kier molecular flexibility index (Phi) is 4.32. The first-order valence-electron chi connectivity index (χ1n) is 6.12. The molecular weight excluding hydrogens is 218 g/mol. The molecule has 0 unspecified atom stereocenters. The molecule has 1 fully saturated rings. The van der Waals surface area contributed by atoms with Gasteiger partial charge >= 0.3 is 0 Å². The minimum atomic E-state index is 0.839. The van der Waals surface area contributed by atoms with Crippen LogP contribution in [0.2, 0.25) is 0 Å². The largest absolute Gasteiger partial charge is 0.314 e. The van der Waals surface area contributed by atoms with Gasteiger partial charge in [-0.2, -0.15) is 0 Å². The highest BCUT2D eigenvalue weighted by molar-refractivity contribution is 7.11. The third kappa shape index (κ3) is 3.85. The maximum atomic E-state index is 4.42. The zero-order valence-electron chi connectivity index (χ0n) is 10.2. The number of nitrogens with zero attached hydrogens (tertiary/aromatic N) is 1. The zero-order valence-corrected chi connectivity index (χ0v) is 11.0. The zero-order chi connectivity index (χ0) is 11.4. The van der Waals surface area contributed by atoms with E-state index in [4.69, 9.17) is 0 Å². The van der Waals surface area contributed by atoms with Crippen molar-refractivity contribution in [2.75, 3.05) is 13.1 Å². The molecule has 90 valence electrons. The standard InChI is InChI=1S/C12H21N3S/c1-9-12(16-10(2)15-9)8-13-6-3-7-14-11-4-5-11/h11,13-14H,3-8H2,1-2H3. The summed E-state index contributed by atoms with van der Waals surface area (Å²) in [4.78, 5) is 5.81. The van der Waals surface area contributed by atoms with Gasteiger partial charge in [0, 0.05) is 17.5 Å². The summed E-state index contributed by atoms with van der Waals surface area (Å²) in [6.45, 7) is 7.38. The van der Waals surface area contributed by atoms with E-state index >= 15 is 0 Å². The molecule has 1 aliphatic carbocycles. The number of aryl methyl sites for hydroxylation is 2. The summed E-state index contributed by atoms with van der Waals surface area (Å²) in [5, 5.41) is 8.17. The first-order valence-corrected chi connectivity index (χ1v) is 6.94. The summed E-state index contributed by atoms with van der Waals surface area (Å²) in [5.74, 6) is 0. The molecule has 0 radical (unpaired) electrons. The van der Waals surface area contributed by atoms with Gasteiger partial charge < -0.3 is 10.6 Å². The molecule has 2 rings (SSSR count). The van der Waals surface area contributed by atoms with Crippen molar-refractivity contribution in [2.45, 2.75) is 45.7 Å². The van der Waals surface area contributed by atoms with Crippen molar-refractivity contribution in [1.29, 1.82) is 0 Å². The number of thiazole rings is 1. The number of nitrogens with one attached hydrogen (secondary N) is 2. The second-order valence-corrected chi connectivity index (χ2v) is 5.79. The number of hydrogen-bond acceptors (Lipinski definition) is 4. The maximum Gasteiger partial charge on any atom is 0.0900 e. The Labute approximate surface area is 102 Å². The molecule has 0 aromatic carbocycles. The molecule has 0 saturated heterocycles. The van der Waals surface area contributed by atoms with Gasteiger partial charge in [-0.05, 0) is 46.2 Å². The fraction of sp³-hybridized carbons (Fsp3) is 0.750. The summed E-state index contributed by atoms with van der Waals surface area (Å²) in [7, 11) is 0. The number of aromatic nitrogens is 1. The van der Waals surface area contributed by atoms with E-state index in [-0.39, 0.29) is 0 Å². The van der Waals surface area contributed by atoms with Crippen molar-refractivity contribution in [2.24, 2.45) is 0 Å². The Morgan fingerprint density at radius 3 is 2.75 bits per heavy atom. The van der Waals surface area contributed by atoms with E-state index in [0.29, 0.717) is 0 Å². The van der Waals surface area contributed by atoms with Crippen LogP contribution in [-0.2, 0) is 6.54 Å². The average Bonchev–Trinajstić information content (AvgIpc) is 2.99. The first-order chi connectivity index (χ1) is 7.75. The van der Waals surface area contributed by atoms with E-state index in [0.717, 1.165) is 25.7 Å². The van der Waals surface area contributed by atoms with Crippen molar-refractivity contribution >= 4 is 11.3 Å². The highest BCUT2D eigenvalue weighted by Gasteiger charge is 2.19. The van der Waals surface area contributed by atoms with E-state index in [1.165, 1.54) is 34.8 Å². The normalized spacial score (nSPS) is 15.6. The maximum absolute atomic E-state index is 4.42. The number of hydrogen-bond donors (Lipinski definition) is 2. The van der Waals surface area contributed by atoms with Crippen LogP contribution >= 0.6 is 11.3 Å². The lowest BCUT2D eigenvalue weighted by molar-refractivity contribution is 0.594. The average molecular weight is 239 g/mol. The van der Waals surface area contributed by atoms with Gasteiger partial charge in [-0.15, -0.1) is 11.3 Å². The second kappa shape index (κ2) is 5.75. The molecular formula is C12H21N3S. The molecule has 1 saturated carbocycles. The van der Waals surface area contributed by atoms with E-state index in [1.807, 2.05) is 0 Å². The highest BCUT2D eigenvalue weighted by atomic mass is 32.1. The minimum absolute atomic E-state index is 0.839. The van der Waals surface area contributed by atoms with Gasteiger partial charge in [0.05, 0.1) is 10.7 Å². The van der Waals surface area contributed by atoms with Gasteiger partial charge in [-0.3, -0.25) is 0 Å². The number of rotatable bonds is 7. The summed E-state index contributed by atoms with van der Waals surface area (Å²) < 4.78 is 0. The second-order valence-electron chi connectivity index (χ2n) is 4.50. The van der Waals surface area contributed by atoms with Crippen LogP contribution in [-0.4, -0.2) is 24.1 Å². The Balaban J connectivity index is 1.54. The molecule has 4 heteroatoms. The Morgan fingerprint density at radius 2 is 2.12 bits per heavy atom. The van der Waals surface area contributed by atoms with Crippen LogP contribution in [0.5, 0.6) is 0 Å². The van der Waals surface area contributed by atoms with Crippen LogP contribution in [0.3, 0.4) is 0 Å². The van der Waals surface area contributed by atoms with Gasteiger partial charge in [0.1, 0.15) is 0 Å². The van der Waals surface area contributed by atoms with Crippen molar-refractivity contribution < 1.29 is 0 Å². The molecule has 3 nitrogen and oxygen atoms in total. The van der Waals surface area contributed by atoms with Crippen molar-refractivity contribution in [3.63, 3.8) is 0 Å². The summed E-state index contributed by atoms with van der Waals surface area (Å²) in [5.41, 5.74) is 1.19. The quantitative estimate of drug-likeness (QED) is 0.715. The van der Waals surface area contributed by atoms with Gasteiger partial charge in [0.15, 0.2) is 0 Å². The van der Waals surface area contributed by atoms with E-state index < -0.39 is 0 Å². The van der Waals surface area contributed by atoms with E-state index in [2.05, 4.69) is 29.5 Å². The SMILES string of the molecule is Cc1nc(C)c(CNCCCNC2CC2)s1. The molecule has 1 aromatic rings. The van der Waals surface area contributed by atoms with Gasteiger partial charge in [-0.1, -0.05) is 0 Å². The van der Waals surface area contributed by atoms with Crippen LogP contribution < -0.4 is 10.6 Å². The van der Waals surface area contributed by atoms with Crippen LogP contribution in [0.4, 0.5) is 0 Å². The third-order valence-electron chi connectivity index (χ3n) is 2.83. The first kappa shape index (κ1) is 12.0. The van der Waals surface area contributed by atoms with Crippen LogP contribution in [0, 0.1) is 13.8 Å². The molecule has 0 spiro atoms. The molecule has 2 N–H and O–H groups in total. The van der Waals surface area contributed by atoms with Crippen LogP contribution in [0.1, 0.15) is 34.8 Å². The fourth-order valence-electron chi connectivity index (χ4n) is 1.75. The minimum Gasteiger partial charge on any atom is -0.314 e. The van der Waals surface area contributed by atoms with Crippen LogP contribution in [0.25, 0.3) is 0 Å². The van der Waals surface area contributed by atoms with Crippen molar-refractivity contribution in [1.82, 2.24) is 15.6 Å². The summed E-state index contributed by atoms with van der Waals surface area (Å²) >= 11 is 1.80. The summed E-state index contributed by atoms with van der Waals surface area (Å²) in [6.07, 6.45) is 3.98. The predicted molar refractivity (Wildman–Crippen MR) is 68.9 cm³/mol. The van der Waals surface area contributed by atoms with Gasteiger partial charge in [-0.25, -0.2) is 4.98 Å². The van der Waals surface area contributed by atoms with Gasteiger partial charge in [0.2, 0.25) is 0 Å².